The Kier molecular flexibility index (Phi) is 5.47. The molecule has 5 nitrogen and oxygen atoms in total. The van der Waals surface area contributed by atoms with Crippen molar-refractivity contribution < 1.29 is 23.8 Å². The van der Waals surface area contributed by atoms with Crippen LogP contribution in [0.15, 0.2) is 66.7 Å². The summed E-state index contributed by atoms with van der Waals surface area (Å²) in [5, 5.41) is 20.3. The molecule has 5 heteroatoms. The molecule has 2 aliphatic heterocycles. The van der Waals surface area contributed by atoms with E-state index in [1.54, 1.807) is 18.2 Å². The number of nitrogens with zero attached hydrogens (tertiary/aromatic N) is 1. The molecule has 2 N–H and O–H groups in total. The number of aromatic hydroxyl groups is 2. The summed E-state index contributed by atoms with van der Waals surface area (Å²) in [7, 11) is 0. The average Bonchev–Trinajstić information content (AvgIpc) is 3.32. The molecule has 0 bridgehead atoms. The maximum absolute atomic E-state index is 10.2. The van der Waals surface area contributed by atoms with Crippen LogP contribution in [0.3, 0.4) is 0 Å². The maximum atomic E-state index is 10.2. The van der Waals surface area contributed by atoms with E-state index in [0.29, 0.717) is 35.1 Å². The van der Waals surface area contributed by atoms with Crippen LogP contribution in [0.2, 0.25) is 0 Å². The van der Waals surface area contributed by atoms with E-state index in [1.165, 1.54) is 30.7 Å². The number of fused-ring (bicyclic) bond motifs is 1. The lowest BCUT2D eigenvalue weighted by atomic mass is 9.86. The summed E-state index contributed by atoms with van der Waals surface area (Å²) in [5.74, 6) is 1.78. The predicted molar refractivity (Wildman–Crippen MR) is 139 cm³/mol. The third kappa shape index (κ3) is 4.87. The van der Waals surface area contributed by atoms with E-state index in [2.05, 4.69) is 18.7 Å². The normalized spacial score (nSPS) is 22.5. The number of hydrogen-bond acceptors (Lipinski definition) is 5. The van der Waals surface area contributed by atoms with Crippen LogP contribution in [-0.2, 0) is 0 Å². The Bertz CT molecular complexity index is 1340. The minimum absolute atomic E-state index is 0.0191. The van der Waals surface area contributed by atoms with Gasteiger partial charge in [-0.3, -0.25) is 4.90 Å². The first-order valence-corrected chi connectivity index (χ1v) is 12.1. The molecule has 3 aromatic carbocycles. The van der Waals surface area contributed by atoms with Crippen LogP contribution >= 0.6 is 0 Å². The zero-order chi connectivity index (χ0) is 27.0. The van der Waals surface area contributed by atoms with Crippen LogP contribution in [0.4, 0.5) is 0 Å². The molecule has 1 saturated heterocycles. The summed E-state index contributed by atoms with van der Waals surface area (Å²) in [6, 6.07) is 18.8. The predicted octanol–water partition coefficient (Wildman–Crippen LogP) is 6.27. The van der Waals surface area contributed by atoms with Gasteiger partial charge in [-0.15, -0.1) is 0 Å². The van der Waals surface area contributed by atoms with Crippen molar-refractivity contribution in [2.45, 2.75) is 39.3 Å². The van der Waals surface area contributed by atoms with Gasteiger partial charge in [0.1, 0.15) is 35.7 Å². The number of phenolic OH excluding ortho intramolecular Hbond substituents is 2. The molecule has 0 spiro atoms. The molecule has 0 amide bonds. The van der Waals surface area contributed by atoms with Crippen LogP contribution in [0, 0.1) is 5.92 Å². The summed E-state index contributed by atoms with van der Waals surface area (Å²) < 4.78 is 37.6. The van der Waals surface area contributed by atoms with Gasteiger partial charge in [0, 0.05) is 27.8 Å². The van der Waals surface area contributed by atoms with Gasteiger partial charge >= 0.3 is 0 Å². The Morgan fingerprint density at radius 3 is 2.60 bits per heavy atom. The molecule has 3 aromatic rings. The van der Waals surface area contributed by atoms with E-state index in [1.807, 2.05) is 24.3 Å². The molecule has 3 unspecified atom stereocenters. The van der Waals surface area contributed by atoms with E-state index >= 15 is 0 Å². The lowest BCUT2D eigenvalue weighted by Crippen LogP contribution is -2.35. The van der Waals surface area contributed by atoms with E-state index in [4.69, 9.17) is 13.6 Å². The van der Waals surface area contributed by atoms with Gasteiger partial charge in [-0.25, -0.2) is 0 Å². The molecule has 0 aliphatic carbocycles. The van der Waals surface area contributed by atoms with Crippen molar-refractivity contribution in [3.63, 3.8) is 0 Å². The quantitative estimate of drug-likeness (QED) is 0.441. The number of rotatable bonds is 6. The minimum atomic E-state index is -2.50. The number of allylic oxidation sites excluding steroid dienone is 1. The first kappa shape index (κ1) is 19.8. The third-order valence-electron chi connectivity index (χ3n) is 6.92. The molecule has 35 heavy (non-hydrogen) atoms. The van der Waals surface area contributed by atoms with E-state index in [0.717, 1.165) is 30.3 Å². The molecular formula is C30H33NO4. The minimum Gasteiger partial charge on any atom is -0.508 e. The van der Waals surface area contributed by atoms with Gasteiger partial charge in [0.15, 0.2) is 0 Å². The van der Waals surface area contributed by atoms with Crippen molar-refractivity contribution in [1.82, 2.24) is 4.90 Å². The van der Waals surface area contributed by atoms with Crippen molar-refractivity contribution in [3.05, 3.63) is 83.4 Å². The fraction of sp³-hybridized carbons (Fsp3) is 0.333. The van der Waals surface area contributed by atoms with Crippen molar-refractivity contribution in [2.75, 3.05) is 19.7 Å². The Hall–Kier alpha value is -3.44. The van der Waals surface area contributed by atoms with Crippen molar-refractivity contribution in [1.29, 1.82) is 0 Å². The molecule has 1 fully saturated rings. The second-order valence-corrected chi connectivity index (χ2v) is 9.64. The van der Waals surface area contributed by atoms with Gasteiger partial charge in [-0.2, -0.15) is 0 Å². The van der Waals surface area contributed by atoms with E-state index in [-0.39, 0.29) is 17.1 Å². The highest BCUT2D eigenvalue weighted by Crippen LogP contribution is 2.47. The highest BCUT2D eigenvalue weighted by Gasteiger charge is 2.30. The topological polar surface area (TPSA) is 62.2 Å². The van der Waals surface area contributed by atoms with Crippen molar-refractivity contribution in [3.8, 4) is 23.0 Å². The van der Waals surface area contributed by atoms with Crippen molar-refractivity contribution in [2.24, 2.45) is 5.92 Å². The van der Waals surface area contributed by atoms with Gasteiger partial charge in [0.05, 0.1) is 0 Å². The fourth-order valence-corrected chi connectivity index (χ4v) is 4.91. The van der Waals surface area contributed by atoms with Gasteiger partial charge in [0.25, 0.3) is 0 Å². The van der Waals surface area contributed by atoms with Crippen LogP contribution in [0.25, 0.3) is 11.1 Å². The van der Waals surface area contributed by atoms with Gasteiger partial charge in [0.2, 0.25) is 0 Å². The number of hydrogen-bond donors (Lipinski definition) is 2. The molecule has 2 aliphatic rings. The van der Waals surface area contributed by atoms with Gasteiger partial charge in [-0.1, -0.05) is 31.2 Å². The molecule has 0 aromatic heterocycles. The number of ether oxygens (including phenoxy) is 2. The van der Waals surface area contributed by atoms with Crippen LogP contribution in [-0.4, -0.2) is 40.9 Å². The lowest BCUT2D eigenvalue weighted by Gasteiger charge is -2.31. The monoisotopic (exact) mass is 474 g/mol. The van der Waals surface area contributed by atoms with Crippen LogP contribution in [0.5, 0.6) is 23.0 Å². The maximum Gasteiger partial charge on any atom is 0.150 e. The van der Waals surface area contributed by atoms with Crippen LogP contribution in [0.1, 0.15) is 54.0 Å². The average molecular weight is 475 g/mol. The largest absolute Gasteiger partial charge is 0.508 e. The first-order valence-electron chi connectivity index (χ1n) is 13.6. The summed E-state index contributed by atoms with van der Waals surface area (Å²) >= 11 is 0. The number of benzene rings is 3. The zero-order valence-corrected chi connectivity index (χ0v) is 20.1. The summed E-state index contributed by atoms with van der Waals surface area (Å²) in [6.07, 6.45) is 0.472. The van der Waals surface area contributed by atoms with E-state index in [9.17, 15) is 10.2 Å². The van der Waals surface area contributed by atoms with Gasteiger partial charge in [-0.05, 0) is 91.8 Å². The Labute approximate surface area is 211 Å². The smallest absolute Gasteiger partial charge is 0.150 e. The summed E-state index contributed by atoms with van der Waals surface area (Å²) in [5.41, 5.74) is 2.09. The number of likely N-dealkylation sites (tertiary alicyclic amines) is 1. The second-order valence-electron chi connectivity index (χ2n) is 9.64. The molecule has 2 heterocycles. The summed E-state index contributed by atoms with van der Waals surface area (Å²) in [4.78, 5) is 2.45. The molecular weight excluding hydrogens is 438 g/mol. The lowest BCUT2D eigenvalue weighted by molar-refractivity contribution is 0.169. The first-order chi connectivity index (χ1) is 18.1. The number of phenols is 2. The highest BCUT2D eigenvalue weighted by atomic mass is 16.5. The third-order valence-corrected chi connectivity index (χ3v) is 6.92. The Morgan fingerprint density at radius 1 is 1.09 bits per heavy atom. The standard InChI is InChI=1S/C30H33NO4/c1-19-13-14-31(17-19)20(2)18-34-26-10-7-22(8-11-26)30-29(23-5-4-6-24(32)15-23)21(3)27-16-25(33)9-12-28(27)35-30/h4-12,15-16,19-20,30,32-33H,13-14,17-18H2,1-3H3/i3D3. The molecule has 182 valence electrons. The molecule has 0 radical (unpaired) electrons. The van der Waals surface area contributed by atoms with Crippen molar-refractivity contribution >= 4 is 11.1 Å². The molecule has 0 saturated carbocycles. The highest BCUT2D eigenvalue weighted by molar-refractivity contribution is 5.95. The Morgan fingerprint density at radius 2 is 1.89 bits per heavy atom. The van der Waals surface area contributed by atoms with Gasteiger partial charge < -0.3 is 19.7 Å². The SMILES string of the molecule is [2H]C([2H])([2H])C1=C(c2cccc(O)c2)C(c2ccc(OCC(C)N3CCC(C)C3)cc2)Oc2ccc(O)cc21. The molecule has 5 rings (SSSR count). The van der Waals surface area contributed by atoms with E-state index < -0.39 is 13.0 Å². The van der Waals surface area contributed by atoms with Crippen LogP contribution < -0.4 is 9.47 Å². The fourth-order valence-electron chi connectivity index (χ4n) is 4.91. The zero-order valence-electron chi connectivity index (χ0n) is 23.1. The Balaban J connectivity index is 1.50. The molecule has 3 atom stereocenters. The summed E-state index contributed by atoms with van der Waals surface area (Å²) in [6.45, 7) is 4.73. The second kappa shape index (κ2) is 9.67.